The molecule has 0 unspecified atom stereocenters. The van der Waals surface area contributed by atoms with E-state index in [0.717, 1.165) is 30.6 Å². The van der Waals surface area contributed by atoms with Crippen molar-refractivity contribution in [2.45, 2.75) is 19.3 Å². The number of azide groups is 1. The van der Waals surface area contributed by atoms with E-state index in [1.165, 1.54) is 28.1 Å². The molecule has 1 amide bonds. The molecular formula is C39H54N7O4+. The normalized spacial score (nSPS) is 12.3. The van der Waals surface area contributed by atoms with Crippen molar-refractivity contribution >= 4 is 34.6 Å². The molecule has 0 heterocycles. The van der Waals surface area contributed by atoms with Gasteiger partial charge in [-0.25, -0.2) is 4.58 Å². The third-order valence-corrected chi connectivity index (χ3v) is 8.02. The Bertz CT molecular complexity index is 1520. The summed E-state index contributed by atoms with van der Waals surface area (Å²) in [4.78, 5) is 19.2. The van der Waals surface area contributed by atoms with Gasteiger partial charge >= 0.3 is 0 Å². The van der Waals surface area contributed by atoms with Crippen LogP contribution in [-0.4, -0.2) is 111 Å². The molecule has 0 spiro atoms. The highest BCUT2D eigenvalue weighted by Gasteiger charge is 2.10. The number of carbonyl (C=O) groups is 1. The second-order valence-electron chi connectivity index (χ2n) is 12.2. The first-order valence-corrected chi connectivity index (χ1v) is 17.2. The Morgan fingerprint density at radius 2 is 1.46 bits per heavy atom. The highest BCUT2D eigenvalue weighted by Crippen LogP contribution is 2.27. The Kier molecular flexibility index (Phi) is 18.2. The summed E-state index contributed by atoms with van der Waals surface area (Å²) in [6.07, 6.45) is 15.3. The number of unbranched alkanes of at least 4 members (excludes halogenated alkanes) is 1. The van der Waals surface area contributed by atoms with Crippen LogP contribution in [-0.2, 0) is 19.0 Å². The quantitative estimate of drug-likeness (QED) is 0.0524. The molecule has 1 N–H and O–H groups in total. The van der Waals surface area contributed by atoms with Crippen molar-refractivity contribution < 1.29 is 23.6 Å². The van der Waals surface area contributed by atoms with Crippen molar-refractivity contribution in [2.24, 2.45) is 5.11 Å². The maximum Gasteiger partial charge on any atom is 0.220 e. The summed E-state index contributed by atoms with van der Waals surface area (Å²) >= 11 is 0. The lowest BCUT2D eigenvalue weighted by molar-refractivity contribution is -0.462. The molecule has 50 heavy (non-hydrogen) atoms. The number of nitrogens with zero attached hydrogens (tertiary/aromatic N) is 6. The fourth-order valence-corrected chi connectivity index (χ4v) is 5.06. The number of allylic oxidation sites excluding steroid dienone is 7. The minimum absolute atomic E-state index is 0.0417. The Labute approximate surface area is 297 Å². The van der Waals surface area contributed by atoms with Crippen molar-refractivity contribution in [1.82, 2.24) is 5.32 Å². The molecular weight excluding hydrogens is 630 g/mol. The predicted molar refractivity (Wildman–Crippen MR) is 205 cm³/mol. The van der Waals surface area contributed by atoms with E-state index in [4.69, 9.17) is 19.7 Å². The number of carbonyl (C=O) groups excluding carboxylic acids is 1. The molecule has 1 aliphatic carbocycles. The fourth-order valence-electron chi connectivity index (χ4n) is 5.06. The van der Waals surface area contributed by atoms with E-state index < -0.39 is 0 Å². The summed E-state index contributed by atoms with van der Waals surface area (Å²) in [7, 11) is 10.3. The molecule has 3 rings (SSSR count). The van der Waals surface area contributed by atoms with Crippen LogP contribution in [0.25, 0.3) is 22.1 Å². The van der Waals surface area contributed by atoms with E-state index in [1.807, 2.05) is 0 Å². The van der Waals surface area contributed by atoms with Gasteiger partial charge in [-0.05, 0) is 77.1 Å². The summed E-state index contributed by atoms with van der Waals surface area (Å²) in [6.45, 7) is 4.30. The Balaban J connectivity index is 1.38. The highest BCUT2D eigenvalue weighted by atomic mass is 16.5. The lowest BCUT2D eigenvalue weighted by Gasteiger charge is -2.19. The summed E-state index contributed by atoms with van der Waals surface area (Å²) in [6, 6.07) is 17.3. The summed E-state index contributed by atoms with van der Waals surface area (Å²) in [5, 5.41) is 6.30. The average molecular weight is 685 g/mol. The number of nitrogens with one attached hydrogen (secondary N) is 1. The maximum absolute atomic E-state index is 12.2. The molecule has 2 aromatic carbocycles. The number of ether oxygens (including phenoxy) is 3. The van der Waals surface area contributed by atoms with E-state index in [-0.39, 0.29) is 5.91 Å². The van der Waals surface area contributed by atoms with Gasteiger partial charge in [0, 0.05) is 75.6 Å². The van der Waals surface area contributed by atoms with Crippen LogP contribution in [0.15, 0.2) is 89.6 Å². The van der Waals surface area contributed by atoms with Gasteiger partial charge in [-0.3, -0.25) is 4.79 Å². The minimum Gasteiger partial charge on any atom is -0.379 e. The van der Waals surface area contributed by atoms with Crippen LogP contribution in [0.3, 0.4) is 0 Å². The van der Waals surface area contributed by atoms with Crippen LogP contribution < -0.4 is 15.1 Å². The monoisotopic (exact) mass is 684 g/mol. The molecule has 0 atom stereocenters. The van der Waals surface area contributed by atoms with Crippen molar-refractivity contribution in [3.63, 3.8) is 0 Å². The van der Waals surface area contributed by atoms with Crippen molar-refractivity contribution in [1.29, 1.82) is 0 Å². The predicted octanol–water partition coefficient (Wildman–Crippen LogP) is 6.14. The van der Waals surface area contributed by atoms with Gasteiger partial charge in [0.2, 0.25) is 5.91 Å². The average Bonchev–Trinajstić information content (AvgIpc) is 3.12. The molecule has 0 radical (unpaired) electrons. The molecule has 11 heteroatoms. The molecule has 1 aliphatic rings. The first kappa shape index (κ1) is 39.8. The Hall–Kier alpha value is -4.67. The van der Waals surface area contributed by atoms with Crippen LogP contribution in [0, 0.1) is 0 Å². The van der Waals surface area contributed by atoms with Gasteiger partial charge in [0.1, 0.15) is 14.1 Å². The van der Waals surface area contributed by atoms with Crippen LogP contribution in [0.1, 0.15) is 30.4 Å². The second kappa shape index (κ2) is 22.9. The standard InChI is InChI=1S/C39H53N7O4/c1-44(2)35-18-12-33(13-19-35)38(34-14-20-36(21-15-34)45(3)4)22-11-32-9-16-37(17-10-32)46(5)25-7-6-8-39(47)41-23-26-48-28-30-50-31-29-49-27-24-42-43-40/h9-22H,6-8,23-31H2,1-5H3/p+1. The number of hydrogen-bond acceptors (Lipinski definition) is 7. The van der Waals surface area contributed by atoms with Gasteiger partial charge in [0.25, 0.3) is 0 Å². The zero-order valence-electron chi connectivity index (χ0n) is 30.4. The highest BCUT2D eigenvalue weighted by molar-refractivity contribution is 6.03. The van der Waals surface area contributed by atoms with Crippen LogP contribution in [0.2, 0.25) is 0 Å². The van der Waals surface area contributed by atoms with Gasteiger partial charge in [-0.15, -0.1) is 0 Å². The number of amides is 1. The van der Waals surface area contributed by atoms with Gasteiger partial charge in [-0.2, -0.15) is 0 Å². The SMILES string of the molecule is CN(C)c1ccc(C(/C=C/c2ccc(N(C)CCCCC(=O)NCCOCCOCCOCCN=[N+]=[N-])cc2)=C2C=CC(=[N+](C)C)C=C2)cc1. The van der Waals surface area contributed by atoms with Crippen LogP contribution >= 0.6 is 0 Å². The molecule has 0 bridgehead atoms. The number of anilines is 2. The molecule has 2 aromatic rings. The van der Waals surface area contributed by atoms with E-state index in [2.05, 4.69) is 150 Å². The number of hydrogen-bond donors (Lipinski definition) is 1. The molecule has 0 aliphatic heterocycles. The van der Waals surface area contributed by atoms with Gasteiger partial charge in [-0.1, -0.05) is 41.5 Å². The molecule has 268 valence electrons. The van der Waals surface area contributed by atoms with E-state index in [9.17, 15) is 4.79 Å². The summed E-state index contributed by atoms with van der Waals surface area (Å²) in [5.41, 5.74) is 16.3. The van der Waals surface area contributed by atoms with Crippen LogP contribution in [0.4, 0.5) is 11.4 Å². The zero-order chi connectivity index (χ0) is 36.0. The lowest BCUT2D eigenvalue weighted by Crippen LogP contribution is -2.27. The van der Waals surface area contributed by atoms with Gasteiger partial charge in [0.15, 0.2) is 5.71 Å². The Morgan fingerprint density at radius 1 is 0.840 bits per heavy atom. The lowest BCUT2D eigenvalue weighted by atomic mass is 9.95. The van der Waals surface area contributed by atoms with Crippen molar-refractivity contribution in [2.75, 3.05) is 104 Å². The van der Waals surface area contributed by atoms with E-state index in [1.54, 1.807) is 0 Å². The largest absolute Gasteiger partial charge is 0.379 e. The summed E-state index contributed by atoms with van der Waals surface area (Å²) in [5.74, 6) is 0.0417. The first-order chi connectivity index (χ1) is 24.3. The summed E-state index contributed by atoms with van der Waals surface area (Å²) < 4.78 is 18.3. The molecule has 0 saturated heterocycles. The molecule has 11 nitrogen and oxygen atoms in total. The molecule has 0 aromatic heterocycles. The third kappa shape index (κ3) is 14.8. The minimum atomic E-state index is 0.0417. The zero-order valence-corrected chi connectivity index (χ0v) is 30.4. The van der Waals surface area contributed by atoms with Gasteiger partial charge < -0.3 is 29.3 Å². The van der Waals surface area contributed by atoms with Gasteiger partial charge in [0.05, 0.1) is 39.6 Å². The second-order valence-corrected chi connectivity index (χ2v) is 12.2. The molecule has 0 saturated carbocycles. The smallest absolute Gasteiger partial charge is 0.220 e. The van der Waals surface area contributed by atoms with Crippen molar-refractivity contribution in [3.05, 3.63) is 106 Å². The van der Waals surface area contributed by atoms with E-state index >= 15 is 0 Å². The van der Waals surface area contributed by atoms with Crippen LogP contribution in [0.5, 0.6) is 0 Å². The first-order valence-electron chi connectivity index (χ1n) is 17.2. The Morgan fingerprint density at radius 3 is 2.08 bits per heavy atom. The third-order valence-electron chi connectivity index (χ3n) is 8.02. The number of rotatable bonds is 22. The maximum atomic E-state index is 12.2. The number of benzene rings is 2. The molecule has 0 fully saturated rings. The topological polar surface area (TPSA) is 115 Å². The fraction of sp³-hybridized carbons (Fsp3) is 0.436. The van der Waals surface area contributed by atoms with Crippen molar-refractivity contribution in [3.8, 4) is 0 Å². The van der Waals surface area contributed by atoms with E-state index in [0.29, 0.717) is 59.2 Å².